The molecule has 0 saturated heterocycles. The van der Waals surface area contributed by atoms with Crippen LogP contribution in [0.3, 0.4) is 0 Å². The van der Waals surface area contributed by atoms with E-state index >= 15 is 35.1 Å². The normalized spacial score (nSPS) is 13.1. The molecular weight excluding hydrogens is 1330 g/mol. The zero-order valence-corrected chi connectivity index (χ0v) is 48.3. The van der Waals surface area contributed by atoms with Gasteiger partial charge in [0.05, 0.1) is 0 Å². The molecule has 0 amide bonds. The van der Waals surface area contributed by atoms with Crippen molar-refractivity contribution < 1.29 is 105 Å². The molecule has 10 aromatic rings. The van der Waals surface area contributed by atoms with Crippen molar-refractivity contribution in [3.63, 3.8) is 0 Å². The van der Waals surface area contributed by atoms with Gasteiger partial charge in [-0.2, -0.15) is 0 Å². The fraction of sp³-hybridized carbons (Fsp3) is 0.0909. The van der Waals surface area contributed by atoms with Crippen LogP contribution in [0.15, 0.2) is 182 Å². The fourth-order valence-electron chi connectivity index (χ4n) is 9.99. The summed E-state index contributed by atoms with van der Waals surface area (Å²) in [4.78, 5) is 0. The molecule has 0 radical (unpaired) electrons. The first-order chi connectivity index (χ1) is 44.1. The third-order valence-corrected chi connectivity index (χ3v) is 14.7. The molecule has 10 aromatic carbocycles. The Balaban J connectivity index is 0.000000231. The van der Waals surface area contributed by atoms with Crippen LogP contribution >= 0.6 is 0 Å². The summed E-state index contributed by atoms with van der Waals surface area (Å²) in [5.41, 5.74) is 39.5. The molecule has 0 heterocycles. The number of hydrogen-bond acceptors (Lipinski definition) is 0. The van der Waals surface area contributed by atoms with Gasteiger partial charge in [-0.25, -0.2) is 87.8 Å². The van der Waals surface area contributed by atoms with Gasteiger partial charge in [0.15, 0.2) is 69.8 Å². The van der Waals surface area contributed by atoms with Gasteiger partial charge in [-0.05, 0) is 0 Å². The molecule has 6 unspecified atom stereocenters. The number of nitrogens with one attached hydrogen (secondary N) is 6. The van der Waals surface area contributed by atoms with E-state index in [0.717, 1.165) is 33.4 Å². The van der Waals surface area contributed by atoms with Crippen LogP contribution in [0, 0.1) is 116 Å². The average molecular weight is 1370 g/mol. The van der Waals surface area contributed by atoms with Crippen LogP contribution in [0.4, 0.5) is 87.8 Å². The number of halogens is 20. The third kappa shape index (κ3) is 14.7. The average Bonchev–Trinajstić information content (AvgIpc) is 0.682. The van der Waals surface area contributed by atoms with Crippen molar-refractivity contribution in [1.29, 1.82) is 0 Å². The molecule has 0 aliphatic heterocycles. The van der Waals surface area contributed by atoms with Crippen molar-refractivity contribution in [2.45, 2.75) is 36.3 Å². The molecule has 0 fully saturated rings. The van der Waals surface area contributed by atoms with Crippen molar-refractivity contribution in [3.05, 3.63) is 366 Å². The van der Waals surface area contributed by atoms with Crippen LogP contribution in [-0.4, -0.2) is 6.15 Å². The summed E-state index contributed by atoms with van der Waals surface area (Å²) >= 11 is 0. The van der Waals surface area contributed by atoms with Crippen molar-refractivity contribution in [2.24, 2.45) is 0 Å². The van der Waals surface area contributed by atoms with Gasteiger partial charge in [0.25, 0.3) is 0 Å². The van der Waals surface area contributed by atoms with Gasteiger partial charge in [0.1, 0.15) is 52.7 Å². The molecule has 28 heteroatoms. The monoisotopic (exact) mass is 1370 g/mol. The van der Waals surface area contributed by atoms with Gasteiger partial charge in [0, 0.05) is 0 Å². The Morgan fingerprint density at radius 2 is 0.266 bits per heavy atom. The predicted octanol–water partition coefficient (Wildman–Crippen LogP) is 19.6. The first-order valence-corrected chi connectivity index (χ1v) is 26.9. The maximum Gasteiger partial charge on any atom is 3.00 e. The zero-order chi connectivity index (χ0) is 68.5. The van der Waals surface area contributed by atoms with E-state index in [1.54, 1.807) is 0 Å². The van der Waals surface area contributed by atoms with E-state index in [1.165, 1.54) is 0 Å². The Morgan fingerprint density at radius 3 is 0.372 bits per heavy atom. The minimum Gasteiger partial charge on any atom is -0.672 e. The van der Waals surface area contributed by atoms with E-state index in [-0.39, 0.29) is 16.8 Å². The fourth-order valence-corrected chi connectivity index (χ4v) is 9.99. The Morgan fingerprint density at radius 1 is 0.170 bits per heavy atom. The predicted molar refractivity (Wildman–Crippen MR) is 310 cm³/mol. The maximum absolute atomic E-state index is 15.4. The molecule has 10 rings (SSSR count). The van der Waals surface area contributed by atoms with Crippen LogP contribution in [0.2, 0.25) is 0 Å². The van der Waals surface area contributed by atoms with E-state index in [2.05, 4.69) is 0 Å². The summed E-state index contributed by atoms with van der Waals surface area (Å²) < 4.78 is 294. The van der Waals surface area contributed by atoms with E-state index in [9.17, 15) is 52.7 Å². The molecule has 0 bridgehead atoms. The summed E-state index contributed by atoms with van der Waals surface area (Å²) in [7, 11) is 0. The van der Waals surface area contributed by atoms with Gasteiger partial charge in [-0.1, -0.05) is 215 Å². The van der Waals surface area contributed by atoms with Crippen molar-refractivity contribution >= 4 is 28.0 Å². The number of rotatable bonds is 13. The standard InChI is InChI=1S/C24BF20.3C14H14N2.Co/c26-5-1(6(27)14(35)21(42)13(5)34)25(2-7(28)15(36)22(43)16(37)8(2)29,3-9(30)17(38)23(44)18(39)10(3)31)4-11(32)19(40)24(45)20(41)12(4)33;3*15-13(11-7-3-1-4-8-11)14(16)12-9-5-2-6-10-12;/h;3*1-10,13-16H;/q-1;3*-2;+3. The minimum absolute atomic E-state index is 0. The van der Waals surface area contributed by atoms with Gasteiger partial charge < -0.3 is 34.4 Å². The van der Waals surface area contributed by atoms with Crippen LogP contribution < -0.4 is 21.9 Å². The molecule has 0 aromatic heterocycles. The quantitative estimate of drug-likeness (QED) is 0.0469. The van der Waals surface area contributed by atoms with Gasteiger partial charge >= 0.3 is 16.8 Å². The molecule has 492 valence electrons. The number of hydrogen-bond donors (Lipinski definition) is 0. The van der Waals surface area contributed by atoms with E-state index in [4.69, 9.17) is 34.4 Å². The molecule has 6 atom stereocenters. The molecular formula is C66H42BCoF20N6-4. The molecule has 0 spiro atoms. The van der Waals surface area contributed by atoms with Gasteiger partial charge in [-0.15, -0.1) is 58.1 Å². The largest absolute Gasteiger partial charge is 3.00 e. The van der Waals surface area contributed by atoms with Crippen molar-refractivity contribution in [1.82, 2.24) is 0 Å². The van der Waals surface area contributed by atoms with Crippen LogP contribution in [0.25, 0.3) is 34.4 Å². The van der Waals surface area contributed by atoms with Crippen molar-refractivity contribution in [2.75, 3.05) is 0 Å². The third-order valence-electron chi connectivity index (χ3n) is 14.7. The second kappa shape index (κ2) is 31.8. The van der Waals surface area contributed by atoms with Gasteiger partial charge in [0.2, 0.25) is 0 Å². The zero-order valence-electron chi connectivity index (χ0n) is 47.3. The van der Waals surface area contributed by atoms with E-state index in [0.29, 0.717) is 0 Å². The Bertz CT molecular complexity index is 3500. The summed E-state index contributed by atoms with van der Waals surface area (Å²) in [5, 5.41) is 0. The van der Waals surface area contributed by atoms with Crippen LogP contribution in [0.1, 0.15) is 69.6 Å². The molecule has 6 N–H and O–H groups in total. The molecule has 0 aliphatic carbocycles. The summed E-state index contributed by atoms with van der Waals surface area (Å²) in [6, 6.07) is 54.2. The Labute approximate surface area is 532 Å². The van der Waals surface area contributed by atoms with Crippen molar-refractivity contribution in [3.8, 4) is 0 Å². The SMILES string of the molecule is Fc1c(F)c(F)c([B-](c2c(F)c(F)c(F)c(F)c2F)(c2c(F)c(F)c(F)c(F)c2F)c2c(F)c(F)c(F)c(F)c2F)c(F)c1F.[Co+3].[NH-]C(c1ccccc1)C([NH-])c1ccccc1.[NH-]C(c1ccccc1)C([NH-])c1ccccc1.[NH-]C(c1ccccc1)C([NH-])c1ccccc1. The first-order valence-electron chi connectivity index (χ1n) is 26.9. The Hall–Kier alpha value is -8.87. The topological polar surface area (TPSA) is 143 Å². The summed E-state index contributed by atoms with van der Waals surface area (Å²) in [6.07, 6.45) is -7.22. The first kappa shape index (κ1) is 74.2. The van der Waals surface area contributed by atoms with Crippen LogP contribution in [0.5, 0.6) is 0 Å². The van der Waals surface area contributed by atoms with Crippen LogP contribution in [-0.2, 0) is 16.8 Å². The summed E-state index contributed by atoms with van der Waals surface area (Å²) in [5.74, 6) is -71.4. The second-order valence-corrected chi connectivity index (χ2v) is 20.1. The van der Waals surface area contributed by atoms with E-state index < -0.39 is 181 Å². The van der Waals surface area contributed by atoms with Gasteiger partial charge in [-0.3, -0.25) is 0 Å². The second-order valence-electron chi connectivity index (χ2n) is 20.1. The summed E-state index contributed by atoms with van der Waals surface area (Å²) in [6.45, 7) is 0. The Kier molecular flexibility index (Phi) is 25.1. The molecule has 6 nitrogen and oxygen atoms in total. The molecule has 0 saturated carbocycles. The smallest absolute Gasteiger partial charge is 0.672 e. The molecule has 0 aliphatic rings. The number of benzene rings is 10. The maximum atomic E-state index is 15.4. The minimum atomic E-state index is -7.22. The molecule has 94 heavy (non-hydrogen) atoms. The van der Waals surface area contributed by atoms with E-state index in [1.807, 2.05) is 182 Å².